The molecule has 0 aromatic carbocycles. The molecule has 0 aromatic rings. The molecule has 1 aliphatic rings. The highest BCUT2D eigenvalue weighted by Crippen LogP contribution is 2.20. The molecular weight excluding hydrogens is 214 g/mol. The summed E-state index contributed by atoms with van der Waals surface area (Å²) in [6.07, 6.45) is 4.50. The molecule has 0 aliphatic carbocycles. The SMILES string of the molecule is CC1CCCCCN1S(=O)(=O)CCCO. The first kappa shape index (κ1) is 12.9. The van der Waals surface area contributed by atoms with Crippen LogP contribution in [-0.4, -0.2) is 42.8 Å². The van der Waals surface area contributed by atoms with Crippen molar-refractivity contribution in [3.63, 3.8) is 0 Å². The molecule has 0 saturated carbocycles. The lowest BCUT2D eigenvalue weighted by Crippen LogP contribution is -2.39. The molecule has 4 nitrogen and oxygen atoms in total. The fraction of sp³-hybridized carbons (Fsp3) is 1.00. The van der Waals surface area contributed by atoms with Crippen LogP contribution in [0.3, 0.4) is 0 Å². The van der Waals surface area contributed by atoms with Crippen molar-refractivity contribution in [1.82, 2.24) is 4.31 Å². The zero-order chi connectivity index (χ0) is 11.3. The first-order valence-corrected chi connectivity index (χ1v) is 7.29. The zero-order valence-corrected chi connectivity index (χ0v) is 10.2. The molecule has 15 heavy (non-hydrogen) atoms. The Balaban J connectivity index is 2.65. The van der Waals surface area contributed by atoms with Gasteiger partial charge in [0.1, 0.15) is 0 Å². The number of hydrogen-bond acceptors (Lipinski definition) is 3. The molecule has 1 saturated heterocycles. The molecule has 90 valence electrons. The maximum Gasteiger partial charge on any atom is 0.214 e. The number of nitrogens with zero attached hydrogens (tertiary/aromatic N) is 1. The Morgan fingerprint density at radius 3 is 2.73 bits per heavy atom. The van der Waals surface area contributed by atoms with E-state index in [4.69, 9.17) is 5.11 Å². The van der Waals surface area contributed by atoms with Crippen molar-refractivity contribution in [1.29, 1.82) is 0 Å². The van der Waals surface area contributed by atoms with E-state index in [9.17, 15) is 8.42 Å². The van der Waals surface area contributed by atoms with Gasteiger partial charge in [0.15, 0.2) is 0 Å². The van der Waals surface area contributed by atoms with E-state index in [-0.39, 0.29) is 18.4 Å². The summed E-state index contributed by atoms with van der Waals surface area (Å²) in [5, 5.41) is 8.67. The van der Waals surface area contributed by atoms with Crippen LogP contribution in [-0.2, 0) is 10.0 Å². The summed E-state index contributed by atoms with van der Waals surface area (Å²) >= 11 is 0. The van der Waals surface area contributed by atoms with E-state index in [1.807, 2.05) is 6.92 Å². The van der Waals surface area contributed by atoms with E-state index in [2.05, 4.69) is 0 Å². The maximum absolute atomic E-state index is 11.9. The van der Waals surface area contributed by atoms with Gasteiger partial charge >= 0.3 is 0 Å². The standard InChI is InChI=1S/C10H21NO3S/c1-10-6-3-2-4-7-11(10)15(13,14)9-5-8-12/h10,12H,2-9H2,1H3. The summed E-state index contributed by atoms with van der Waals surface area (Å²) in [6.45, 7) is 2.57. The van der Waals surface area contributed by atoms with Crippen LogP contribution < -0.4 is 0 Å². The average molecular weight is 235 g/mol. The van der Waals surface area contributed by atoms with Gasteiger partial charge in [-0.05, 0) is 26.2 Å². The topological polar surface area (TPSA) is 57.6 Å². The summed E-state index contributed by atoms with van der Waals surface area (Å²) in [5.74, 6) is 0.0772. The van der Waals surface area contributed by atoms with Crippen LogP contribution in [0.2, 0.25) is 0 Å². The quantitative estimate of drug-likeness (QED) is 0.789. The van der Waals surface area contributed by atoms with Crippen LogP contribution in [0.25, 0.3) is 0 Å². The monoisotopic (exact) mass is 235 g/mol. The fourth-order valence-corrected chi connectivity index (χ4v) is 3.82. The minimum absolute atomic E-state index is 0.0541. The first-order chi connectivity index (χ1) is 7.08. The lowest BCUT2D eigenvalue weighted by atomic mass is 10.1. The molecule has 1 fully saturated rings. The predicted octanol–water partition coefficient (Wildman–Crippen LogP) is 0.963. The number of hydrogen-bond donors (Lipinski definition) is 1. The van der Waals surface area contributed by atoms with E-state index in [1.54, 1.807) is 4.31 Å². The second kappa shape index (κ2) is 5.82. The van der Waals surface area contributed by atoms with E-state index >= 15 is 0 Å². The summed E-state index contributed by atoms with van der Waals surface area (Å²) in [5.41, 5.74) is 0. The van der Waals surface area contributed by atoms with Crippen LogP contribution in [0.5, 0.6) is 0 Å². The van der Waals surface area contributed by atoms with Crippen molar-refractivity contribution in [2.24, 2.45) is 0 Å². The lowest BCUT2D eigenvalue weighted by Gasteiger charge is -2.26. The Morgan fingerprint density at radius 2 is 2.07 bits per heavy atom. The van der Waals surface area contributed by atoms with Gasteiger partial charge in [-0.2, -0.15) is 4.31 Å². The molecule has 1 N–H and O–H groups in total. The number of aliphatic hydroxyl groups excluding tert-OH is 1. The van der Waals surface area contributed by atoms with Gasteiger partial charge in [0.05, 0.1) is 5.75 Å². The smallest absolute Gasteiger partial charge is 0.214 e. The van der Waals surface area contributed by atoms with Gasteiger partial charge in [-0.25, -0.2) is 8.42 Å². The van der Waals surface area contributed by atoms with Crippen LogP contribution in [0.15, 0.2) is 0 Å². The molecule has 5 heteroatoms. The Bertz CT molecular complexity index is 276. The highest BCUT2D eigenvalue weighted by Gasteiger charge is 2.27. The number of sulfonamides is 1. The largest absolute Gasteiger partial charge is 0.396 e. The Morgan fingerprint density at radius 1 is 1.33 bits per heavy atom. The van der Waals surface area contributed by atoms with E-state index in [0.717, 1.165) is 25.7 Å². The number of rotatable bonds is 4. The lowest BCUT2D eigenvalue weighted by molar-refractivity contribution is 0.291. The van der Waals surface area contributed by atoms with Crippen molar-refractivity contribution in [3.8, 4) is 0 Å². The van der Waals surface area contributed by atoms with Crippen molar-refractivity contribution >= 4 is 10.0 Å². The van der Waals surface area contributed by atoms with E-state index < -0.39 is 10.0 Å². The van der Waals surface area contributed by atoms with Gasteiger partial charge in [0.25, 0.3) is 0 Å². The molecule has 1 aliphatic heterocycles. The zero-order valence-electron chi connectivity index (χ0n) is 9.35. The van der Waals surface area contributed by atoms with Gasteiger partial charge in [0.2, 0.25) is 10.0 Å². The summed E-state index contributed by atoms with van der Waals surface area (Å²) < 4.78 is 25.5. The fourth-order valence-electron chi connectivity index (χ4n) is 2.03. The molecule has 1 heterocycles. The highest BCUT2D eigenvalue weighted by atomic mass is 32.2. The Hall–Kier alpha value is -0.130. The van der Waals surface area contributed by atoms with Crippen LogP contribution in [0.4, 0.5) is 0 Å². The maximum atomic E-state index is 11.9. The highest BCUT2D eigenvalue weighted by molar-refractivity contribution is 7.89. The molecule has 0 radical (unpaired) electrons. The minimum Gasteiger partial charge on any atom is -0.396 e. The third kappa shape index (κ3) is 3.74. The molecule has 1 atom stereocenters. The normalized spacial score (nSPS) is 25.1. The third-order valence-electron chi connectivity index (χ3n) is 2.91. The molecular formula is C10H21NO3S. The molecule has 0 aromatic heterocycles. The van der Waals surface area contributed by atoms with Crippen LogP contribution >= 0.6 is 0 Å². The third-order valence-corrected chi connectivity index (χ3v) is 4.97. The van der Waals surface area contributed by atoms with Gasteiger partial charge in [-0.3, -0.25) is 0 Å². The summed E-state index contributed by atoms with van der Waals surface area (Å²) in [7, 11) is -3.14. The van der Waals surface area contributed by atoms with Crippen LogP contribution in [0.1, 0.15) is 39.0 Å². The molecule has 1 unspecified atom stereocenters. The summed E-state index contributed by atoms with van der Waals surface area (Å²) in [4.78, 5) is 0. The Labute approximate surface area is 92.3 Å². The van der Waals surface area contributed by atoms with Crippen molar-refractivity contribution in [2.75, 3.05) is 18.9 Å². The van der Waals surface area contributed by atoms with E-state index in [0.29, 0.717) is 13.0 Å². The van der Waals surface area contributed by atoms with E-state index in [1.165, 1.54) is 0 Å². The molecule has 0 spiro atoms. The van der Waals surface area contributed by atoms with Crippen molar-refractivity contribution in [3.05, 3.63) is 0 Å². The molecule has 0 amide bonds. The molecule has 0 bridgehead atoms. The average Bonchev–Trinajstić information content (AvgIpc) is 2.40. The Kier molecular flexibility index (Phi) is 5.02. The van der Waals surface area contributed by atoms with Gasteiger partial charge in [-0.1, -0.05) is 12.8 Å². The van der Waals surface area contributed by atoms with Crippen LogP contribution in [0, 0.1) is 0 Å². The van der Waals surface area contributed by atoms with Gasteiger partial charge in [0, 0.05) is 19.2 Å². The minimum atomic E-state index is -3.14. The second-order valence-corrected chi connectivity index (χ2v) is 6.24. The number of aliphatic hydroxyl groups is 1. The second-order valence-electron chi connectivity index (χ2n) is 4.20. The first-order valence-electron chi connectivity index (χ1n) is 5.68. The van der Waals surface area contributed by atoms with Crippen molar-refractivity contribution in [2.45, 2.75) is 45.1 Å². The van der Waals surface area contributed by atoms with Crippen molar-refractivity contribution < 1.29 is 13.5 Å². The van der Waals surface area contributed by atoms with Gasteiger partial charge < -0.3 is 5.11 Å². The molecule has 1 rings (SSSR count). The predicted molar refractivity (Wildman–Crippen MR) is 60.1 cm³/mol. The van der Waals surface area contributed by atoms with Gasteiger partial charge in [-0.15, -0.1) is 0 Å². The summed E-state index contributed by atoms with van der Waals surface area (Å²) in [6, 6.07) is 0.121.